The molecule has 2 aromatic rings. The summed E-state index contributed by atoms with van der Waals surface area (Å²) in [7, 11) is 2.07. The van der Waals surface area contributed by atoms with Gasteiger partial charge in [0, 0.05) is 37.3 Å². The summed E-state index contributed by atoms with van der Waals surface area (Å²) in [5, 5.41) is 4.19. The Balaban J connectivity index is 1.53. The minimum atomic E-state index is -0.0780. The van der Waals surface area contributed by atoms with Crippen LogP contribution in [0.4, 0.5) is 5.69 Å². The fourth-order valence-corrected chi connectivity index (χ4v) is 3.87. The van der Waals surface area contributed by atoms with Crippen molar-refractivity contribution >= 4 is 11.6 Å². The Morgan fingerprint density at radius 3 is 2.70 bits per heavy atom. The van der Waals surface area contributed by atoms with Gasteiger partial charge in [-0.1, -0.05) is 12.1 Å². The molecule has 1 aliphatic carbocycles. The summed E-state index contributed by atoms with van der Waals surface area (Å²) in [6, 6.07) is 8.10. The van der Waals surface area contributed by atoms with Crippen molar-refractivity contribution in [1.82, 2.24) is 15.0 Å². The van der Waals surface area contributed by atoms with Crippen LogP contribution in [-0.4, -0.2) is 41.1 Å². The second-order valence-electron chi connectivity index (χ2n) is 7.88. The number of hydrogen-bond donors (Lipinski definition) is 0. The monoisotopic (exact) mass is 368 g/mol. The average molecular weight is 368 g/mol. The Labute approximate surface area is 160 Å². The summed E-state index contributed by atoms with van der Waals surface area (Å²) in [6.45, 7) is 6.02. The molecule has 4 rings (SSSR count). The number of piperidine rings is 1. The van der Waals surface area contributed by atoms with E-state index in [9.17, 15) is 4.79 Å². The van der Waals surface area contributed by atoms with E-state index in [0.717, 1.165) is 50.0 Å². The first-order chi connectivity index (χ1) is 13.1. The van der Waals surface area contributed by atoms with Gasteiger partial charge in [0.15, 0.2) is 0 Å². The van der Waals surface area contributed by atoms with Crippen molar-refractivity contribution in [3.8, 4) is 11.4 Å². The molecular weight excluding hydrogens is 340 g/mol. The lowest BCUT2D eigenvalue weighted by atomic mass is 10.0. The first-order valence-corrected chi connectivity index (χ1v) is 10.0. The molecule has 1 aromatic carbocycles. The molecule has 0 N–H and O–H groups in total. The maximum Gasteiger partial charge on any atom is 0.249 e. The van der Waals surface area contributed by atoms with Crippen LogP contribution in [0.25, 0.3) is 11.4 Å². The minimum absolute atomic E-state index is 0.0780. The van der Waals surface area contributed by atoms with Crippen molar-refractivity contribution in [2.75, 3.05) is 25.0 Å². The van der Waals surface area contributed by atoms with Gasteiger partial charge in [-0.05, 0) is 62.8 Å². The number of aromatic nitrogens is 2. The zero-order valence-electron chi connectivity index (χ0n) is 16.4. The summed E-state index contributed by atoms with van der Waals surface area (Å²) in [6.07, 6.45) is 4.05. The van der Waals surface area contributed by atoms with Crippen LogP contribution in [0, 0.1) is 11.8 Å². The molecule has 3 atom stereocenters. The molecule has 1 aromatic heterocycles. The number of likely N-dealkylation sites (tertiary alicyclic amines) is 1. The molecule has 6 heteroatoms. The van der Waals surface area contributed by atoms with E-state index in [2.05, 4.69) is 48.1 Å². The third-order valence-corrected chi connectivity index (χ3v) is 5.98. The molecule has 1 amide bonds. The molecule has 2 fully saturated rings. The van der Waals surface area contributed by atoms with E-state index in [1.54, 1.807) is 0 Å². The van der Waals surface area contributed by atoms with Crippen molar-refractivity contribution in [2.45, 2.75) is 45.6 Å². The highest BCUT2D eigenvalue weighted by Crippen LogP contribution is 2.42. The van der Waals surface area contributed by atoms with Gasteiger partial charge < -0.3 is 14.3 Å². The molecular formula is C21H28N4O2. The second-order valence-corrected chi connectivity index (χ2v) is 7.88. The van der Waals surface area contributed by atoms with Crippen LogP contribution in [0.1, 0.15) is 51.5 Å². The van der Waals surface area contributed by atoms with Gasteiger partial charge in [0.25, 0.3) is 0 Å². The van der Waals surface area contributed by atoms with Crippen molar-refractivity contribution in [1.29, 1.82) is 0 Å². The van der Waals surface area contributed by atoms with Crippen molar-refractivity contribution in [2.24, 2.45) is 11.8 Å². The molecule has 1 aliphatic heterocycles. The van der Waals surface area contributed by atoms with Crippen LogP contribution >= 0.6 is 0 Å². The fraction of sp³-hybridized carbons (Fsp3) is 0.571. The standard InChI is InChI=1S/C21H28N4O2/c1-4-24(3)16-10-8-15(9-11-16)19-22-20(27-23-19)18-7-5-6-12-25(18)21(26)17-13-14(17)2/h8-11,14,17-18H,4-7,12-13H2,1-3H3/t14-,17+,18-/m0/s1. The Hall–Kier alpha value is -2.37. The van der Waals surface area contributed by atoms with Crippen molar-refractivity contribution in [3.63, 3.8) is 0 Å². The highest BCUT2D eigenvalue weighted by molar-refractivity contribution is 5.82. The normalized spacial score (nSPS) is 24.7. The van der Waals surface area contributed by atoms with Crippen LogP contribution in [0.2, 0.25) is 0 Å². The average Bonchev–Trinajstić information content (AvgIpc) is 3.24. The summed E-state index contributed by atoms with van der Waals surface area (Å²) in [5.41, 5.74) is 2.09. The third-order valence-electron chi connectivity index (χ3n) is 5.98. The van der Waals surface area contributed by atoms with Crippen LogP contribution < -0.4 is 4.90 Å². The Morgan fingerprint density at radius 1 is 1.30 bits per heavy atom. The van der Waals surface area contributed by atoms with Gasteiger partial charge in [0.1, 0.15) is 6.04 Å². The van der Waals surface area contributed by atoms with E-state index < -0.39 is 0 Å². The zero-order valence-corrected chi connectivity index (χ0v) is 16.4. The van der Waals surface area contributed by atoms with Crippen molar-refractivity contribution < 1.29 is 9.32 Å². The molecule has 144 valence electrons. The second kappa shape index (κ2) is 7.33. The van der Waals surface area contributed by atoms with Gasteiger partial charge in [-0.2, -0.15) is 4.98 Å². The van der Waals surface area contributed by atoms with Gasteiger partial charge in [0.05, 0.1) is 0 Å². The molecule has 0 bridgehead atoms. The smallest absolute Gasteiger partial charge is 0.249 e. The summed E-state index contributed by atoms with van der Waals surface area (Å²) < 4.78 is 5.60. The van der Waals surface area contributed by atoms with Crippen LogP contribution in [0.3, 0.4) is 0 Å². The fourth-order valence-electron chi connectivity index (χ4n) is 3.87. The number of carbonyl (C=O) groups excluding carboxylic acids is 1. The number of carbonyl (C=O) groups is 1. The largest absolute Gasteiger partial charge is 0.375 e. The zero-order chi connectivity index (χ0) is 19.0. The quantitative estimate of drug-likeness (QED) is 0.801. The van der Waals surface area contributed by atoms with Crippen LogP contribution in [-0.2, 0) is 4.79 Å². The van der Waals surface area contributed by atoms with Gasteiger partial charge >= 0.3 is 0 Å². The topological polar surface area (TPSA) is 62.5 Å². The van der Waals surface area contributed by atoms with Gasteiger partial charge in [0.2, 0.25) is 17.6 Å². The van der Waals surface area contributed by atoms with E-state index in [-0.39, 0.29) is 17.9 Å². The first-order valence-electron chi connectivity index (χ1n) is 10.0. The lowest BCUT2D eigenvalue weighted by Gasteiger charge is -2.33. The van der Waals surface area contributed by atoms with E-state index in [1.807, 2.05) is 17.0 Å². The molecule has 27 heavy (non-hydrogen) atoms. The summed E-state index contributed by atoms with van der Waals surface area (Å²) in [5.74, 6) is 2.13. The predicted octanol–water partition coefficient (Wildman–Crippen LogP) is 3.90. The number of nitrogens with zero attached hydrogens (tertiary/aromatic N) is 4. The molecule has 0 spiro atoms. The maximum atomic E-state index is 12.8. The van der Waals surface area contributed by atoms with E-state index in [4.69, 9.17) is 4.52 Å². The molecule has 0 unspecified atom stereocenters. The third kappa shape index (κ3) is 3.57. The number of benzene rings is 1. The molecule has 1 saturated carbocycles. The SMILES string of the molecule is CCN(C)c1ccc(-c2noc([C@@H]3CCCCN3C(=O)[C@@H]3C[C@@H]3C)n2)cc1. The van der Waals surface area contributed by atoms with E-state index >= 15 is 0 Å². The Bertz CT molecular complexity index is 801. The highest BCUT2D eigenvalue weighted by atomic mass is 16.5. The Morgan fingerprint density at radius 2 is 2.04 bits per heavy atom. The highest BCUT2D eigenvalue weighted by Gasteiger charge is 2.44. The number of rotatable bonds is 5. The lowest BCUT2D eigenvalue weighted by Crippen LogP contribution is -2.39. The maximum absolute atomic E-state index is 12.8. The van der Waals surface area contributed by atoms with Crippen LogP contribution in [0.5, 0.6) is 0 Å². The Kier molecular flexibility index (Phi) is 4.89. The van der Waals surface area contributed by atoms with Gasteiger partial charge in [-0.25, -0.2) is 0 Å². The number of hydrogen-bond acceptors (Lipinski definition) is 5. The molecule has 2 heterocycles. The minimum Gasteiger partial charge on any atom is -0.375 e. The van der Waals surface area contributed by atoms with Gasteiger partial charge in [-0.15, -0.1) is 0 Å². The predicted molar refractivity (Wildman–Crippen MR) is 104 cm³/mol. The molecule has 6 nitrogen and oxygen atoms in total. The summed E-state index contributed by atoms with van der Waals surface area (Å²) >= 11 is 0. The lowest BCUT2D eigenvalue weighted by molar-refractivity contribution is -0.137. The molecule has 2 aliphatic rings. The number of anilines is 1. The van der Waals surface area contributed by atoms with E-state index in [1.165, 1.54) is 0 Å². The first kappa shape index (κ1) is 18.0. The van der Waals surface area contributed by atoms with Gasteiger partial charge in [-0.3, -0.25) is 4.79 Å². The summed E-state index contributed by atoms with van der Waals surface area (Å²) in [4.78, 5) is 21.6. The van der Waals surface area contributed by atoms with Crippen LogP contribution in [0.15, 0.2) is 28.8 Å². The van der Waals surface area contributed by atoms with E-state index in [0.29, 0.717) is 17.6 Å². The molecule has 0 radical (unpaired) electrons. The van der Waals surface area contributed by atoms with Crippen molar-refractivity contribution in [3.05, 3.63) is 30.2 Å². The number of amides is 1. The molecule has 1 saturated heterocycles.